The van der Waals surface area contributed by atoms with Crippen LogP contribution in [0.3, 0.4) is 0 Å². The molecule has 0 fully saturated rings. The summed E-state index contributed by atoms with van der Waals surface area (Å²) in [6, 6.07) is 7.84. The fourth-order valence-electron chi connectivity index (χ4n) is 1.75. The highest BCUT2D eigenvalue weighted by atomic mass is 15.0. The molecule has 1 heterocycles. The molecular formula is C12H16N4. The number of benzene rings is 1. The Bertz CT molecular complexity index is 508. The highest BCUT2D eigenvalue weighted by Gasteiger charge is 2.05. The van der Waals surface area contributed by atoms with Crippen LogP contribution in [0, 0.1) is 6.92 Å². The van der Waals surface area contributed by atoms with Crippen molar-refractivity contribution in [3.8, 4) is 0 Å². The number of nitrogens with two attached hydrogens (primary N) is 2. The average molecular weight is 216 g/mol. The number of fused-ring (bicyclic) bond motifs is 1. The summed E-state index contributed by atoms with van der Waals surface area (Å²) >= 11 is 0. The number of pyridine rings is 1. The number of anilines is 2. The van der Waals surface area contributed by atoms with Crippen molar-refractivity contribution in [3.63, 3.8) is 0 Å². The van der Waals surface area contributed by atoms with Crippen LogP contribution in [-0.4, -0.2) is 18.1 Å². The van der Waals surface area contributed by atoms with Crippen LogP contribution in [0.4, 0.5) is 11.5 Å². The Kier molecular flexibility index (Phi) is 2.92. The summed E-state index contributed by atoms with van der Waals surface area (Å²) in [7, 11) is 0. The zero-order chi connectivity index (χ0) is 11.5. The highest BCUT2D eigenvalue weighted by Crippen LogP contribution is 2.26. The third-order valence-electron chi connectivity index (χ3n) is 2.47. The normalized spacial score (nSPS) is 10.6. The van der Waals surface area contributed by atoms with Gasteiger partial charge in [0, 0.05) is 35.2 Å². The standard InChI is InChI=1S/C12H16N4/c1-8-7-10-9(3-2-4-11(10)14)12(16-8)15-6-5-13/h2-4,7H,5-6,13-14H2,1H3,(H,15,16). The first-order valence-corrected chi connectivity index (χ1v) is 5.32. The van der Waals surface area contributed by atoms with E-state index < -0.39 is 0 Å². The summed E-state index contributed by atoms with van der Waals surface area (Å²) in [4.78, 5) is 4.46. The molecule has 0 unspecified atom stereocenters. The molecular weight excluding hydrogens is 200 g/mol. The van der Waals surface area contributed by atoms with E-state index >= 15 is 0 Å². The fourth-order valence-corrected chi connectivity index (χ4v) is 1.75. The van der Waals surface area contributed by atoms with E-state index in [0.29, 0.717) is 13.1 Å². The molecule has 0 aliphatic heterocycles. The number of nitrogens with one attached hydrogen (secondary N) is 1. The van der Waals surface area contributed by atoms with Crippen molar-refractivity contribution in [1.82, 2.24) is 4.98 Å². The first-order valence-electron chi connectivity index (χ1n) is 5.32. The van der Waals surface area contributed by atoms with Crippen molar-refractivity contribution in [2.45, 2.75) is 6.92 Å². The molecule has 0 saturated carbocycles. The zero-order valence-corrected chi connectivity index (χ0v) is 9.33. The number of nitrogens with zero attached hydrogens (tertiary/aromatic N) is 1. The SMILES string of the molecule is Cc1cc2c(N)cccc2c(NCCN)n1. The second-order valence-electron chi connectivity index (χ2n) is 3.77. The Morgan fingerprint density at radius 2 is 2.12 bits per heavy atom. The van der Waals surface area contributed by atoms with Crippen molar-refractivity contribution < 1.29 is 0 Å². The van der Waals surface area contributed by atoms with Gasteiger partial charge >= 0.3 is 0 Å². The van der Waals surface area contributed by atoms with Gasteiger partial charge < -0.3 is 16.8 Å². The minimum Gasteiger partial charge on any atom is -0.398 e. The van der Waals surface area contributed by atoms with Crippen LogP contribution in [0.1, 0.15) is 5.69 Å². The molecule has 1 aromatic heterocycles. The third-order valence-corrected chi connectivity index (χ3v) is 2.47. The molecule has 0 bridgehead atoms. The molecule has 0 saturated heterocycles. The molecule has 0 radical (unpaired) electrons. The van der Waals surface area contributed by atoms with Crippen molar-refractivity contribution >= 4 is 22.3 Å². The number of aryl methyl sites for hydroxylation is 1. The number of nitrogen functional groups attached to an aromatic ring is 1. The van der Waals surface area contributed by atoms with Gasteiger partial charge in [0.2, 0.25) is 0 Å². The second-order valence-corrected chi connectivity index (χ2v) is 3.77. The third kappa shape index (κ3) is 1.92. The molecule has 4 heteroatoms. The number of rotatable bonds is 3. The second kappa shape index (κ2) is 4.37. The predicted octanol–water partition coefficient (Wildman–Crippen LogP) is 1.50. The molecule has 84 valence electrons. The molecule has 4 nitrogen and oxygen atoms in total. The van der Waals surface area contributed by atoms with Gasteiger partial charge in [-0.3, -0.25) is 0 Å². The summed E-state index contributed by atoms with van der Waals surface area (Å²) in [6.45, 7) is 3.25. The van der Waals surface area contributed by atoms with Gasteiger partial charge in [0.15, 0.2) is 0 Å². The Balaban J connectivity index is 2.59. The monoisotopic (exact) mass is 216 g/mol. The van der Waals surface area contributed by atoms with Crippen LogP contribution in [0.25, 0.3) is 10.8 Å². The zero-order valence-electron chi connectivity index (χ0n) is 9.33. The Hall–Kier alpha value is -1.81. The lowest BCUT2D eigenvalue weighted by molar-refractivity contribution is 1.01. The minimum atomic E-state index is 0.583. The summed E-state index contributed by atoms with van der Waals surface area (Å²) < 4.78 is 0. The number of hydrogen-bond donors (Lipinski definition) is 3. The molecule has 0 spiro atoms. The van der Waals surface area contributed by atoms with Crippen molar-refractivity contribution in [3.05, 3.63) is 30.0 Å². The fraction of sp³-hybridized carbons (Fsp3) is 0.250. The lowest BCUT2D eigenvalue weighted by atomic mass is 10.1. The molecule has 0 atom stereocenters. The molecule has 0 aliphatic rings. The highest BCUT2D eigenvalue weighted by molar-refractivity contribution is 5.99. The lowest BCUT2D eigenvalue weighted by Gasteiger charge is -2.10. The van der Waals surface area contributed by atoms with Gasteiger partial charge in [-0.2, -0.15) is 0 Å². The lowest BCUT2D eigenvalue weighted by Crippen LogP contribution is -2.14. The van der Waals surface area contributed by atoms with Crippen LogP contribution in [-0.2, 0) is 0 Å². The van der Waals surface area contributed by atoms with E-state index in [0.717, 1.165) is 28.0 Å². The maximum Gasteiger partial charge on any atom is 0.134 e. The Morgan fingerprint density at radius 1 is 1.31 bits per heavy atom. The number of hydrogen-bond acceptors (Lipinski definition) is 4. The van der Waals surface area contributed by atoms with Crippen LogP contribution < -0.4 is 16.8 Å². The molecule has 1 aromatic carbocycles. The smallest absolute Gasteiger partial charge is 0.134 e. The molecule has 0 aliphatic carbocycles. The van der Waals surface area contributed by atoms with E-state index in [1.165, 1.54) is 0 Å². The molecule has 0 amide bonds. The number of aromatic nitrogens is 1. The quantitative estimate of drug-likeness (QED) is 0.679. The van der Waals surface area contributed by atoms with E-state index in [2.05, 4.69) is 10.3 Å². The first kappa shape index (κ1) is 10.7. The van der Waals surface area contributed by atoms with E-state index in [-0.39, 0.29) is 0 Å². The Labute approximate surface area is 94.7 Å². The van der Waals surface area contributed by atoms with E-state index in [1.807, 2.05) is 31.2 Å². The van der Waals surface area contributed by atoms with Crippen molar-refractivity contribution in [1.29, 1.82) is 0 Å². The van der Waals surface area contributed by atoms with Crippen molar-refractivity contribution in [2.24, 2.45) is 5.73 Å². The maximum atomic E-state index is 5.94. The summed E-state index contributed by atoms with van der Waals surface area (Å²) in [6.07, 6.45) is 0. The van der Waals surface area contributed by atoms with Gasteiger partial charge in [-0.15, -0.1) is 0 Å². The van der Waals surface area contributed by atoms with Gasteiger partial charge in [0.1, 0.15) is 5.82 Å². The van der Waals surface area contributed by atoms with Gasteiger partial charge in [-0.1, -0.05) is 12.1 Å². The molecule has 2 aromatic rings. The van der Waals surface area contributed by atoms with Crippen LogP contribution in [0.2, 0.25) is 0 Å². The molecule has 5 N–H and O–H groups in total. The summed E-state index contributed by atoms with van der Waals surface area (Å²) in [5.74, 6) is 0.854. The predicted molar refractivity (Wildman–Crippen MR) is 68.4 cm³/mol. The van der Waals surface area contributed by atoms with Gasteiger partial charge in [-0.05, 0) is 19.1 Å². The average Bonchev–Trinajstić information content (AvgIpc) is 2.27. The van der Waals surface area contributed by atoms with Crippen molar-refractivity contribution in [2.75, 3.05) is 24.1 Å². The molecule has 16 heavy (non-hydrogen) atoms. The van der Waals surface area contributed by atoms with E-state index in [4.69, 9.17) is 11.5 Å². The van der Waals surface area contributed by atoms with Gasteiger partial charge in [-0.25, -0.2) is 4.98 Å². The largest absolute Gasteiger partial charge is 0.398 e. The summed E-state index contributed by atoms with van der Waals surface area (Å²) in [5.41, 5.74) is 13.1. The molecule has 2 rings (SSSR count). The van der Waals surface area contributed by atoms with Gasteiger partial charge in [0.05, 0.1) is 0 Å². The Morgan fingerprint density at radius 3 is 2.88 bits per heavy atom. The van der Waals surface area contributed by atoms with E-state index in [1.54, 1.807) is 0 Å². The maximum absolute atomic E-state index is 5.94. The van der Waals surface area contributed by atoms with Crippen LogP contribution in [0.5, 0.6) is 0 Å². The van der Waals surface area contributed by atoms with E-state index in [9.17, 15) is 0 Å². The van der Waals surface area contributed by atoms with Crippen LogP contribution >= 0.6 is 0 Å². The van der Waals surface area contributed by atoms with Crippen LogP contribution in [0.15, 0.2) is 24.3 Å². The minimum absolute atomic E-state index is 0.583. The topological polar surface area (TPSA) is 77.0 Å². The van der Waals surface area contributed by atoms with Gasteiger partial charge in [0.25, 0.3) is 0 Å². The first-order chi connectivity index (χ1) is 7.72. The summed E-state index contributed by atoms with van der Waals surface area (Å²) in [5, 5.41) is 5.29.